The zero-order chi connectivity index (χ0) is 13.8. The molecule has 1 heterocycles. The number of fused-ring (bicyclic) bond motifs is 1. The molecular weight excluding hydrogens is 240 g/mol. The standard InChI is InChI=1S/C15H22N2O2/c1-10(2)14(5-6-16)17-15(18)11-3-4-12-8-19-9-13(12)7-11/h3-4,7,10,14H,5-6,8-9,16H2,1-2H3,(H,17,18). The lowest BCUT2D eigenvalue weighted by atomic mass is 10.00. The van der Waals surface area contributed by atoms with E-state index in [1.165, 1.54) is 5.56 Å². The summed E-state index contributed by atoms with van der Waals surface area (Å²) in [4.78, 5) is 12.2. The molecule has 1 aliphatic rings. The summed E-state index contributed by atoms with van der Waals surface area (Å²) in [5.41, 5.74) is 8.59. The Morgan fingerprint density at radius 3 is 2.79 bits per heavy atom. The molecule has 3 N–H and O–H groups in total. The van der Waals surface area contributed by atoms with Gasteiger partial charge in [0.2, 0.25) is 0 Å². The molecule has 0 radical (unpaired) electrons. The summed E-state index contributed by atoms with van der Waals surface area (Å²) >= 11 is 0. The van der Waals surface area contributed by atoms with Crippen molar-refractivity contribution < 1.29 is 9.53 Å². The van der Waals surface area contributed by atoms with E-state index in [-0.39, 0.29) is 11.9 Å². The van der Waals surface area contributed by atoms with Crippen LogP contribution in [0.5, 0.6) is 0 Å². The van der Waals surface area contributed by atoms with Crippen molar-refractivity contribution in [3.05, 3.63) is 34.9 Å². The van der Waals surface area contributed by atoms with E-state index in [0.29, 0.717) is 31.2 Å². The van der Waals surface area contributed by atoms with Gasteiger partial charge in [-0.2, -0.15) is 0 Å². The van der Waals surface area contributed by atoms with E-state index in [4.69, 9.17) is 10.5 Å². The highest BCUT2D eigenvalue weighted by Gasteiger charge is 2.18. The quantitative estimate of drug-likeness (QED) is 0.850. The SMILES string of the molecule is CC(C)C(CCN)NC(=O)c1ccc2c(c1)COC2. The lowest BCUT2D eigenvalue weighted by Gasteiger charge is -2.21. The molecule has 1 aromatic carbocycles. The number of nitrogens with one attached hydrogen (secondary N) is 1. The number of benzene rings is 1. The monoisotopic (exact) mass is 262 g/mol. The summed E-state index contributed by atoms with van der Waals surface area (Å²) in [6, 6.07) is 5.90. The Hall–Kier alpha value is -1.39. The van der Waals surface area contributed by atoms with Crippen LogP contribution in [0.2, 0.25) is 0 Å². The predicted molar refractivity (Wildman–Crippen MR) is 74.7 cm³/mol. The third kappa shape index (κ3) is 3.33. The Labute approximate surface area is 114 Å². The second-order valence-electron chi connectivity index (χ2n) is 5.38. The normalized spacial score (nSPS) is 15.4. The summed E-state index contributed by atoms with van der Waals surface area (Å²) in [5.74, 6) is 0.354. The summed E-state index contributed by atoms with van der Waals surface area (Å²) in [6.07, 6.45) is 0.803. The van der Waals surface area contributed by atoms with E-state index >= 15 is 0 Å². The molecule has 0 spiro atoms. The molecule has 1 aromatic rings. The summed E-state index contributed by atoms with van der Waals surface area (Å²) in [7, 11) is 0. The molecule has 1 unspecified atom stereocenters. The minimum absolute atomic E-state index is 0.0261. The summed E-state index contributed by atoms with van der Waals surface area (Å²) < 4.78 is 5.36. The van der Waals surface area contributed by atoms with Crippen LogP contribution in [-0.2, 0) is 18.0 Å². The zero-order valence-corrected chi connectivity index (χ0v) is 11.6. The molecule has 1 atom stereocenters. The van der Waals surface area contributed by atoms with Crippen LogP contribution >= 0.6 is 0 Å². The van der Waals surface area contributed by atoms with E-state index in [0.717, 1.165) is 12.0 Å². The molecule has 0 fully saturated rings. The van der Waals surface area contributed by atoms with Gasteiger partial charge in [0.1, 0.15) is 0 Å². The Morgan fingerprint density at radius 2 is 2.11 bits per heavy atom. The van der Waals surface area contributed by atoms with Crippen LogP contribution in [0.25, 0.3) is 0 Å². The first-order valence-electron chi connectivity index (χ1n) is 6.82. The molecule has 104 valence electrons. The highest BCUT2D eigenvalue weighted by atomic mass is 16.5. The zero-order valence-electron chi connectivity index (χ0n) is 11.6. The lowest BCUT2D eigenvalue weighted by Crippen LogP contribution is -2.39. The minimum atomic E-state index is -0.0261. The highest BCUT2D eigenvalue weighted by molar-refractivity contribution is 5.94. The smallest absolute Gasteiger partial charge is 0.251 e. The molecule has 19 heavy (non-hydrogen) atoms. The molecule has 1 amide bonds. The van der Waals surface area contributed by atoms with E-state index in [1.54, 1.807) is 0 Å². The predicted octanol–water partition coefficient (Wildman–Crippen LogP) is 1.82. The van der Waals surface area contributed by atoms with Gasteiger partial charge in [-0.05, 0) is 42.1 Å². The molecular formula is C15H22N2O2. The second kappa shape index (κ2) is 6.17. The molecule has 4 nitrogen and oxygen atoms in total. The Morgan fingerprint density at radius 1 is 1.37 bits per heavy atom. The molecule has 4 heteroatoms. The average Bonchev–Trinajstić information content (AvgIpc) is 2.85. The highest BCUT2D eigenvalue weighted by Crippen LogP contribution is 2.21. The fraction of sp³-hybridized carbons (Fsp3) is 0.533. The van der Waals surface area contributed by atoms with Gasteiger partial charge < -0.3 is 15.8 Å². The van der Waals surface area contributed by atoms with Crippen LogP contribution < -0.4 is 11.1 Å². The number of ether oxygens (including phenoxy) is 1. The molecule has 0 saturated heterocycles. The van der Waals surface area contributed by atoms with Gasteiger partial charge in [-0.1, -0.05) is 19.9 Å². The number of hydrogen-bond donors (Lipinski definition) is 2. The number of carbonyl (C=O) groups is 1. The van der Waals surface area contributed by atoms with Gasteiger partial charge in [0.25, 0.3) is 5.91 Å². The van der Waals surface area contributed by atoms with Gasteiger partial charge in [-0.25, -0.2) is 0 Å². The Balaban J connectivity index is 2.07. The summed E-state index contributed by atoms with van der Waals surface area (Å²) in [6.45, 7) is 6.03. The van der Waals surface area contributed by atoms with Crippen molar-refractivity contribution in [1.82, 2.24) is 5.32 Å². The van der Waals surface area contributed by atoms with Gasteiger partial charge in [0.15, 0.2) is 0 Å². The Kier molecular flexibility index (Phi) is 4.56. The van der Waals surface area contributed by atoms with Crippen LogP contribution in [0, 0.1) is 5.92 Å². The average molecular weight is 262 g/mol. The maximum absolute atomic E-state index is 12.2. The van der Waals surface area contributed by atoms with E-state index in [9.17, 15) is 4.79 Å². The minimum Gasteiger partial charge on any atom is -0.372 e. The maximum Gasteiger partial charge on any atom is 0.251 e. The van der Waals surface area contributed by atoms with Crippen LogP contribution in [0.15, 0.2) is 18.2 Å². The summed E-state index contributed by atoms with van der Waals surface area (Å²) in [5, 5.41) is 3.07. The molecule has 0 aromatic heterocycles. The molecule has 1 aliphatic heterocycles. The van der Waals surface area contributed by atoms with E-state index < -0.39 is 0 Å². The lowest BCUT2D eigenvalue weighted by molar-refractivity contribution is 0.0924. The van der Waals surface area contributed by atoms with Crippen molar-refractivity contribution in [1.29, 1.82) is 0 Å². The van der Waals surface area contributed by atoms with Crippen molar-refractivity contribution in [3.8, 4) is 0 Å². The van der Waals surface area contributed by atoms with Crippen molar-refractivity contribution in [3.63, 3.8) is 0 Å². The first kappa shape index (κ1) is 14.0. The van der Waals surface area contributed by atoms with Crippen molar-refractivity contribution >= 4 is 5.91 Å². The molecule has 2 rings (SSSR count). The molecule has 0 saturated carbocycles. The first-order chi connectivity index (χ1) is 9.11. The number of rotatable bonds is 5. The number of nitrogens with two attached hydrogens (primary N) is 1. The van der Waals surface area contributed by atoms with Crippen LogP contribution in [-0.4, -0.2) is 18.5 Å². The topological polar surface area (TPSA) is 64.3 Å². The molecule has 0 aliphatic carbocycles. The van der Waals surface area contributed by atoms with Gasteiger partial charge in [-0.15, -0.1) is 0 Å². The van der Waals surface area contributed by atoms with Crippen molar-refractivity contribution in [2.24, 2.45) is 11.7 Å². The van der Waals surface area contributed by atoms with E-state index in [1.807, 2.05) is 18.2 Å². The maximum atomic E-state index is 12.2. The van der Waals surface area contributed by atoms with Gasteiger partial charge in [-0.3, -0.25) is 4.79 Å². The van der Waals surface area contributed by atoms with Crippen molar-refractivity contribution in [2.75, 3.05) is 6.54 Å². The van der Waals surface area contributed by atoms with Gasteiger partial charge in [0, 0.05) is 11.6 Å². The van der Waals surface area contributed by atoms with Gasteiger partial charge in [0.05, 0.1) is 13.2 Å². The fourth-order valence-corrected chi connectivity index (χ4v) is 2.32. The van der Waals surface area contributed by atoms with Crippen LogP contribution in [0.4, 0.5) is 0 Å². The molecule has 0 bridgehead atoms. The second-order valence-corrected chi connectivity index (χ2v) is 5.38. The number of hydrogen-bond acceptors (Lipinski definition) is 3. The largest absolute Gasteiger partial charge is 0.372 e. The fourth-order valence-electron chi connectivity index (χ4n) is 2.32. The van der Waals surface area contributed by atoms with Crippen molar-refractivity contribution in [2.45, 2.75) is 39.5 Å². The van der Waals surface area contributed by atoms with Gasteiger partial charge >= 0.3 is 0 Å². The number of amides is 1. The first-order valence-corrected chi connectivity index (χ1v) is 6.82. The third-order valence-electron chi connectivity index (χ3n) is 3.58. The Bertz CT molecular complexity index is 457. The number of carbonyl (C=O) groups excluding carboxylic acids is 1. The van der Waals surface area contributed by atoms with E-state index in [2.05, 4.69) is 19.2 Å². The van der Waals surface area contributed by atoms with Crippen LogP contribution in [0.1, 0.15) is 41.8 Å². The third-order valence-corrected chi connectivity index (χ3v) is 3.58. The van der Waals surface area contributed by atoms with Crippen LogP contribution in [0.3, 0.4) is 0 Å².